The lowest BCUT2D eigenvalue weighted by Gasteiger charge is -1.92. The Morgan fingerprint density at radius 1 is 0.647 bits per heavy atom. The second kappa shape index (κ2) is 17.5. The maximum atomic E-state index is 10.8. The van der Waals surface area contributed by atoms with Crippen molar-refractivity contribution in [3.63, 3.8) is 0 Å². The van der Waals surface area contributed by atoms with E-state index in [0.717, 1.165) is 0 Å². The molecule has 34 heavy (non-hydrogen) atoms. The molecule has 0 aromatic heterocycles. The maximum Gasteiger partial charge on any atom is 0.346 e. The van der Waals surface area contributed by atoms with E-state index in [-0.39, 0.29) is 26.1 Å². The van der Waals surface area contributed by atoms with E-state index in [1.54, 1.807) is 54.6 Å². The van der Waals surface area contributed by atoms with Crippen molar-refractivity contribution in [3.05, 3.63) is 71.3 Å². The fraction of sp³-hybridized carbons (Fsp3) is 0.261. The fourth-order valence-electron chi connectivity index (χ4n) is 2.17. The quantitative estimate of drug-likeness (QED) is 0.222. The summed E-state index contributed by atoms with van der Waals surface area (Å²) >= 11 is 0. The van der Waals surface area contributed by atoms with Crippen LogP contribution < -0.4 is 0 Å². The van der Waals surface area contributed by atoms with Gasteiger partial charge in [-0.2, -0.15) is 0 Å². The number of cyclic esters (lactones) is 2. The van der Waals surface area contributed by atoms with Crippen LogP contribution in [0.25, 0.3) is 0 Å². The number of aliphatic hydroxyl groups excluding tert-OH is 2. The van der Waals surface area contributed by atoms with Gasteiger partial charge in [-0.3, -0.25) is 9.59 Å². The lowest BCUT2D eigenvalue weighted by atomic mass is 10.1. The SMILES string of the molecule is O=C(O)CCCCC(=O)O.O=C(O)c1ccccc1.O=C1OC(=O)c2ccccc21.OCCO. The number of ether oxygens (including phenoxy) is 1. The molecule has 5 N–H and O–H groups in total. The van der Waals surface area contributed by atoms with E-state index in [0.29, 0.717) is 29.5 Å². The minimum atomic E-state index is -0.879. The van der Waals surface area contributed by atoms with Crippen LogP contribution in [0.2, 0.25) is 0 Å². The summed E-state index contributed by atoms with van der Waals surface area (Å²) in [5.41, 5.74) is 1.05. The molecular formula is C23H26O11. The van der Waals surface area contributed by atoms with Crippen molar-refractivity contribution >= 4 is 29.8 Å². The van der Waals surface area contributed by atoms with Gasteiger partial charge in [-0.15, -0.1) is 0 Å². The third-order valence-corrected chi connectivity index (χ3v) is 3.70. The van der Waals surface area contributed by atoms with E-state index in [1.807, 2.05) is 0 Å². The van der Waals surface area contributed by atoms with Crippen molar-refractivity contribution in [2.75, 3.05) is 13.2 Å². The molecule has 1 aliphatic rings. The van der Waals surface area contributed by atoms with E-state index < -0.39 is 29.8 Å². The first-order valence-electron chi connectivity index (χ1n) is 9.93. The van der Waals surface area contributed by atoms with Crippen LogP contribution >= 0.6 is 0 Å². The number of hydrogen-bond acceptors (Lipinski definition) is 8. The second-order valence-electron chi connectivity index (χ2n) is 6.34. The topological polar surface area (TPSA) is 196 Å². The zero-order valence-electron chi connectivity index (χ0n) is 18.1. The van der Waals surface area contributed by atoms with Gasteiger partial charge in [0, 0.05) is 12.8 Å². The monoisotopic (exact) mass is 478 g/mol. The molecule has 1 heterocycles. The molecule has 2 aromatic rings. The number of carbonyl (C=O) groups is 5. The first-order valence-corrected chi connectivity index (χ1v) is 9.93. The summed E-state index contributed by atoms with van der Waals surface area (Å²) < 4.78 is 4.35. The summed E-state index contributed by atoms with van der Waals surface area (Å²) in [5.74, 6) is -3.72. The Kier molecular flexibility index (Phi) is 15.4. The summed E-state index contributed by atoms with van der Waals surface area (Å²) in [6, 6.07) is 14.8. The van der Waals surface area contributed by atoms with E-state index in [2.05, 4.69) is 4.74 Å². The summed E-state index contributed by atoms with van der Waals surface area (Å²) in [6.45, 7) is -0.250. The van der Waals surface area contributed by atoms with Gasteiger partial charge in [0.1, 0.15) is 0 Å². The molecular weight excluding hydrogens is 452 g/mol. The number of rotatable bonds is 7. The number of carboxylic acids is 3. The van der Waals surface area contributed by atoms with Crippen molar-refractivity contribution in [2.24, 2.45) is 0 Å². The number of carbonyl (C=O) groups excluding carboxylic acids is 2. The van der Waals surface area contributed by atoms with Gasteiger partial charge in [0.05, 0.1) is 29.9 Å². The molecule has 0 amide bonds. The van der Waals surface area contributed by atoms with Crippen LogP contribution in [0.3, 0.4) is 0 Å². The zero-order chi connectivity index (χ0) is 25.9. The largest absolute Gasteiger partial charge is 0.481 e. The molecule has 184 valence electrons. The standard InChI is InChI=1S/C8H4O3.C7H6O2.C6H10O4.C2H6O2/c9-7-5-3-1-2-4-6(5)8(10)11-7;8-7(9)6-4-2-1-3-5-6;7-5(8)3-1-2-4-6(9)10;3-1-2-4/h1-4H;1-5H,(H,8,9);1-4H2,(H,7,8)(H,9,10);3-4H,1-2H2. The van der Waals surface area contributed by atoms with Crippen molar-refractivity contribution in [1.29, 1.82) is 0 Å². The number of carboxylic acid groups (broad SMARTS) is 3. The highest BCUT2D eigenvalue weighted by Gasteiger charge is 2.28. The average molecular weight is 478 g/mol. The van der Waals surface area contributed by atoms with Gasteiger partial charge in [-0.1, -0.05) is 30.3 Å². The van der Waals surface area contributed by atoms with Crippen LogP contribution in [0.1, 0.15) is 56.8 Å². The van der Waals surface area contributed by atoms with Crippen molar-refractivity contribution in [1.82, 2.24) is 0 Å². The molecule has 3 rings (SSSR count). The zero-order valence-corrected chi connectivity index (χ0v) is 18.1. The van der Waals surface area contributed by atoms with Crippen LogP contribution in [0.15, 0.2) is 54.6 Å². The van der Waals surface area contributed by atoms with Crippen LogP contribution in [-0.4, -0.2) is 68.6 Å². The Balaban J connectivity index is 0.000000448. The highest BCUT2D eigenvalue weighted by atomic mass is 16.6. The maximum absolute atomic E-state index is 10.8. The highest BCUT2D eigenvalue weighted by Crippen LogP contribution is 2.18. The van der Waals surface area contributed by atoms with Gasteiger partial charge in [-0.25, -0.2) is 14.4 Å². The van der Waals surface area contributed by atoms with E-state index >= 15 is 0 Å². The summed E-state index contributed by atoms with van der Waals surface area (Å²) in [7, 11) is 0. The molecule has 0 spiro atoms. The van der Waals surface area contributed by atoms with Gasteiger partial charge in [0.2, 0.25) is 0 Å². The Morgan fingerprint density at radius 3 is 1.32 bits per heavy atom. The van der Waals surface area contributed by atoms with Crippen molar-refractivity contribution in [3.8, 4) is 0 Å². The Bertz CT molecular complexity index is 888. The lowest BCUT2D eigenvalue weighted by molar-refractivity contribution is -0.139. The molecule has 0 fully saturated rings. The molecule has 0 unspecified atom stereocenters. The summed E-state index contributed by atoms with van der Waals surface area (Å²) in [6.07, 6.45) is 1.02. The molecule has 1 aliphatic heterocycles. The molecule has 11 nitrogen and oxygen atoms in total. The molecule has 11 heteroatoms. The predicted octanol–water partition coefficient (Wildman–Crippen LogP) is 2.07. The number of unbranched alkanes of at least 4 members (excludes halogenated alkanes) is 1. The Morgan fingerprint density at radius 2 is 1.03 bits per heavy atom. The number of fused-ring (bicyclic) bond motifs is 1. The third-order valence-electron chi connectivity index (χ3n) is 3.70. The van der Waals surface area contributed by atoms with Crippen molar-refractivity contribution in [2.45, 2.75) is 25.7 Å². The van der Waals surface area contributed by atoms with Gasteiger partial charge >= 0.3 is 29.8 Å². The molecule has 0 radical (unpaired) electrons. The number of aromatic carboxylic acids is 1. The smallest absolute Gasteiger partial charge is 0.346 e. The predicted molar refractivity (Wildman–Crippen MR) is 118 cm³/mol. The van der Waals surface area contributed by atoms with E-state index in [4.69, 9.17) is 25.5 Å². The number of hydrogen-bond donors (Lipinski definition) is 5. The van der Waals surface area contributed by atoms with Gasteiger partial charge in [-0.05, 0) is 37.1 Å². The van der Waals surface area contributed by atoms with Crippen LogP contribution in [0.5, 0.6) is 0 Å². The first-order chi connectivity index (χ1) is 16.1. The minimum absolute atomic E-state index is 0.0628. The Hall–Kier alpha value is -4.09. The van der Waals surface area contributed by atoms with Crippen LogP contribution in [-0.2, 0) is 14.3 Å². The normalized spacial score (nSPS) is 10.6. The van der Waals surface area contributed by atoms with E-state index in [9.17, 15) is 24.0 Å². The van der Waals surface area contributed by atoms with E-state index in [1.165, 1.54) is 0 Å². The van der Waals surface area contributed by atoms with Crippen molar-refractivity contribution < 1.29 is 54.2 Å². The van der Waals surface area contributed by atoms with Crippen LogP contribution in [0.4, 0.5) is 0 Å². The molecule has 0 aliphatic carbocycles. The summed E-state index contributed by atoms with van der Waals surface area (Å²) in [4.78, 5) is 51.7. The minimum Gasteiger partial charge on any atom is -0.481 e. The number of benzene rings is 2. The van der Waals surface area contributed by atoms with Crippen LogP contribution in [0, 0.1) is 0 Å². The van der Waals surface area contributed by atoms with Gasteiger partial charge < -0.3 is 30.3 Å². The lowest BCUT2D eigenvalue weighted by Crippen LogP contribution is -1.97. The number of esters is 2. The Labute approximate surface area is 194 Å². The number of aliphatic carboxylic acids is 2. The first kappa shape index (κ1) is 29.9. The number of aliphatic hydroxyl groups is 2. The summed E-state index contributed by atoms with van der Waals surface area (Å²) in [5, 5.41) is 39.9. The highest BCUT2D eigenvalue weighted by molar-refractivity contribution is 6.14. The van der Waals surface area contributed by atoms with Gasteiger partial charge in [0.15, 0.2) is 0 Å². The molecule has 0 saturated heterocycles. The molecule has 2 aromatic carbocycles. The second-order valence-corrected chi connectivity index (χ2v) is 6.34. The molecule has 0 bridgehead atoms. The average Bonchev–Trinajstić information content (AvgIpc) is 3.12. The fourth-order valence-corrected chi connectivity index (χ4v) is 2.17. The molecule has 0 atom stereocenters. The third kappa shape index (κ3) is 13.3. The molecule has 0 saturated carbocycles. The van der Waals surface area contributed by atoms with Gasteiger partial charge in [0.25, 0.3) is 0 Å².